The van der Waals surface area contributed by atoms with Crippen LogP contribution in [0.1, 0.15) is 63.0 Å². The highest BCUT2D eigenvalue weighted by atomic mass is 28.4. The molecule has 134 valence electrons. The van der Waals surface area contributed by atoms with Crippen molar-refractivity contribution >= 4 is 16.6 Å². The van der Waals surface area contributed by atoms with Crippen LogP contribution in [-0.2, 0) is 8.85 Å². The van der Waals surface area contributed by atoms with E-state index in [4.69, 9.17) is 11.6 Å². The van der Waals surface area contributed by atoms with Gasteiger partial charge in [0.1, 0.15) is 0 Å². The molecule has 0 saturated carbocycles. The Morgan fingerprint density at radius 2 is 1.14 bits per heavy atom. The van der Waals surface area contributed by atoms with Gasteiger partial charge < -0.3 is 8.85 Å². The summed E-state index contributed by atoms with van der Waals surface area (Å²) in [5.74, 6) is 0. The van der Waals surface area contributed by atoms with Gasteiger partial charge in [-0.2, -0.15) is 0 Å². The topological polar surface area (TPSA) is 18.5 Å². The van der Waals surface area contributed by atoms with Crippen LogP contribution >= 0.6 is 0 Å². The summed E-state index contributed by atoms with van der Waals surface area (Å²) in [5.41, 5.74) is 0. The number of hydrogen-bond donors (Lipinski definition) is 0. The predicted molar refractivity (Wildman–Crippen MR) is 106 cm³/mol. The van der Waals surface area contributed by atoms with Gasteiger partial charge in [0.05, 0.1) is 0 Å². The van der Waals surface area contributed by atoms with E-state index in [1.807, 2.05) is 7.11 Å². The molecule has 0 saturated heterocycles. The molecule has 0 unspecified atom stereocenters. The van der Waals surface area contributed by atoms with E-state index in [-0.39, 0.29) is 0 Å². The Morgan fingerprint density at radius 1 is 0.762 bits per heavy atom. The molecule has 0 heterocycles. The number of rotatable bonds is 9. The maximum absolute atomic E-state index is 5.75. The van der Waals surface area contributed by atoms with Crippen molar-refractivity contribution in [3.8, 4) is 0 Å². The molecule has 2 nitrogen and oxygen atoms in total. The van der Waals surface area contributed by atoms with Crippen LogP contribution in [0.25, 0.3) is 0 Å². The minimum Gasteiger partial charge on any atom is -0.421 e. The fourth-order valence-electron chi connectivity index (χ4n) is 1.43. The zero-order valence-electron chi connectivity index (χ0n) is 18.8. The molecule has 0 atom stereocenters. The highest BCUT2D eigenvalue weighted by Gasteiger charge is 2.18. The molecule has 0 bridgehead atoms. The molecule has 0 aliphatic heterocycles. The molecular weight excluding hydrogens is 292 g/mol. The van der Waals surface area contributed by atoms with Crippen LogP contribution in [0, 0.1) is 0 Å². The Hall–Kier alpha value is 0.354. The molecule has 0 fully saturated rings. The van der Waals surface area contributed by atoms with Gasteiger partial charge in [0.2, 0.25) is 0 Å². The predicted octanol–water partition coefficient (Wildman–Crippen LogP) is 6.94. The normalized spacial score (nSPS) is 11.5. The van der Waals surface area contributed by atoms with E-state index in [1.54, 1.807) is 7.11 Å². The Bertz CT molecular complexity index is 200. The van der Waals surface area contributed by atoms with E-state index in [1.165, 1.54) is 59.4 Å². The Morgan fingerprint density at radius 3 is 1.48 bits per heavy atom. The van der Waals surface area contributed by atoms with Crippen molar-refractivity contribution < 1.29 is 11.6 Å². The summed E-state index contributed by atoms with van der Waals surface area (Å²) in [4.78, 5) is 0. The highest BCUT2D eigenvalue weighted by Crippen LogP contribution is 2.16. The molecule has 0 amide bonds. The van der Waals surface area contributed by atoms with E-state index in [9.17, 15) is 0 Å². The van der Waals surface area contributed by atoms with Crippen molar-refractivity contribution in [2.45, 2.75) is 99.0 Å². The average Bonchev–Trinajstić information content (AvgIpc) is 2.54. The first kappa shape index (κ1) is 23.6. The molecule has 0 N–H and O–H groups in total. The molecule has 0 aromatic rings. The zero-order valence-corrected chi connectivity index (χ0v) is 18.8. The van der Waals surface area contributed by atoms with E-state index < -0.39 is 16.6 Å². The van der Waals surface area contributed by atoms with Crippen molar-refractivity contribution in [3.05, 3.63) is 0 Å². The highest BCUT2D eigenvalue weighted by molar-refractivity contribution is 6.71. The summed E-state index contributed by atoms with van der Waals surface area (Å²) in [6.45, 7) is 13.4. The van der Waals surface area contributed by atoms with E-state index in [0.717, 1.165) is 0 Å². The molecule has 0 aromatic heterocycles. The quantitative estimate of drug-likeness (QED) is 0.334. The lowest BCUT2D eigenvalue weighted by molar-refractivity contribution is 0.400. The molecule has 0 rings (SSSR count). The molecule has 4 heteroatoms. The van der Waals surface area contributed by atoms with Gasteiger partial charge >= 0.3 is 0 Å². The lowest BCUT2D eigenvalue weighted by Crippen LogP contribution is -2.27. The fourth-order valence-corrected chi connectivity index (χ4v) is 2.74. The molecule has 0 aromatic carbocycles. The molecule has 0 aliphatic rings. The molecule has 0 spiro atoms. The van der Waals surface area contributed by atoms with Gasteiger partial charge in [-0.15, -0.1) is 0 Å². The lowest BCUT2D eigenvalue weighted by Gasteiger charge is -2.19. The van der Waals surface area contributed by atoms with Crippen LogP contribution in [0.5, 0.6) is 0 Å². The summed E-state index contributed by atoms with van der Waals surface area (Å²) in [5, 5.41) is 0. The third kappa shape index (κ3) is 29.1. The summed E-state index contributed by atoms with van der Waals surface area (Å²) in [7, 11) is 3.76. The van der Waals surface area contributed by atoms with E-state index >= 15 is 0 Å². The lowest BCUT2D eigenvalue weighted by atomic mass is 10.1. The molecule has 0 aliphatic carbocycles. The van der Waals surface area contributed by atoms with Crippen molar-refractivity contribution in [1.82, 2.24) is 0 Å². The van der Waals surface area contributed by atoms with Gasteiger partial charge in [-0.25, -0.2) is 0 Å². The number of unbranched alkanes of at least 4 members (excludes halogenated alkanes) is 5. The van der Waals surface area contributed by atoms with Crippen LogP contribution in [-0.4, -0.2) is 30.9 Å². The minimum absolute atomic E-state index is 1.13. The fraction of sp³-hybridized carbons (Fsp3) is 1.00. The van der Waals surface area contributed by atoms with E-state index in [2.05, 4.69) is 39.7 Å². The summed E-state index contributed by atoms with van der Waals surface area (Å²) < 4.78 is 22.1. The third-order valence-corrected chi connectivity index (χ3v) is 7.18. The largest absolute Gasteiger partial charge is 0.421 e. The summed E-state index contributed by atoms with van der Waals surface area (Å²) >= 11 is 0. The van der Waals surface area contributed by atoms with E-state index in [0.29, 0.717) is 0 Å². The average molecular weight is 341 g/mol. The van der Waals surface area contributed by atoms with Gasteiger partial charge in [-0.1, -0.05) is 60.3 Å². The van der Waals surface area contributed by atoms with Gasteiger partial charge in [0.25, 0.3) is 0 Å². The van der Waals surface area contributed by atoms with Crippen LogP contribution in [0.3, 0.4) is 0 Å². The smallest absolute Gasteiger partial charge is 0.186 e. The first-order valence-corrected chi connectivity index (χ1v) is 14.3. The van der Waals surface area contributed by atoms with Crippen LogP contribution < -0.4 is 0 Å². The second-order valence-corrected chi connectivity index (χ2v) is 15.9. The second-order valence-electron chi connectivity index (χ2n) is 6.80. The number of hydrogen-bond acceptors (Lipinski definition) is 2. The van der Waals surface area contributed by atoms with Crippen molar-refractivity contribution in [2.75, 3.05) is 14.2 Å². The first-order valence-electron chi connectivity index (χ1n) is 9.79. The van der Waals surface area contributed by atoms with Gasteiger partial charge in [0, 0.05) is 17.0 Å². The minimum atomic E-state index is -1.25. The molecule has 21 heavy (non-hydrogen) atoms. The van der Waals surface area contributed by atoms with Crippen molar-refractivity contribution in [1.29, 1.82) is 0 Å². The van der Waals surface area contributed by atoms with Gasteiger partial charge in [-0.05, 0) is 38.8 Å². The standard InChI is InChI=1S/C11H26OSi.C4H12OSi.2CH4/c1-5-6-7-8-9-10-11-13(3,4)12-2;1-5-6(2,3)4;;/h5-11H2,1-4H3;1-4H3;2*1H4/i;;2*1D. The SMILES string of the molecule is CCCCCCCC[Si](C)(C)OC.CO[Si](C)(C)C.[2H]C.[2H]C. The van der Waals surface area contributed by atoms with Crippen LogP contribution in [0.4, 0.5) is 0 Å². The van der Waals surface area contributed by atoms with Crippen LogP contribution in [0.2, 0.25) is 38.8 Å². The van der Waals surface area contributed by atoms with Crippen molar-refractivity contribution in [2.24, 2.45) is 0 Å². The maximum Gasteiger partial charge on any atom is 0.186 e. The Kier molecular flexibility index (Phi) is 18.8. The second kappa shape index (κ2) is 16.7. The summed E-state index contributed by atoms with van der Waals surface area (Å²) in [6, 6.07) is 1.33. The maximum atomic E-state index is 5.75. The van der Waals surface area contributed by atoms with Gasteiger partial charge in [0.15, 0.2) is 16.6 Å². The van der Waals surface area contributed by atoms with Crippen LogP contribution in [0.15, 0.2) is 0 Å². The van der Waals surface area contributed by atoms with Crippen molar-refractivity contribution in [3.63, 3.8) is 0 Å². The summed E-state index contributed by atoms with van der Waals surface area (Å²) in [6.07, 6.45) is 8.37. The monoisotopic (exact) mass is 340 g/mol. The third-order valence-electron chi connectivity index (χ3n) is 3.30. The molecular formula is C17H46O2Si2. The Balaban J connectivity index is -0.000000151. The van der Waals surface area contributed by atoms with Gasteiger partial charge in [-0.3, -0.25) is 0 Å². The Labute approximate surface area is 142 Å². The zero-order chi connectivity index (χ0) is 19.4. The molecule has 0 radical (unpaired) electrons. The first-order chi connectivity index (χ1) is 10.7.